The van der Waals surface area contributed by atoms with Crippen molar-refractivity contribution in [2.75, 3.05) is 6.54 Å². The maximum Gasteiger partial charge on any atom is 0.141 e. The number of halogens is 1. The summed E-state index contributed by atoms with van der Waals surface area (Å²) in [6.45, 7) is 7.55. The van der Waals surface area contributed by atoms with Crippen LogP contribution in [-0.2, 0) is 0 Å². The molecule has 1 rings (SSSR count). The normalized spacial score (nSPS) is 14.6. The van der Waals surface area contributed by atoms with Gasteiger partial charge in [0.2, 0.25) is 0 Å². The van der Waals surface area contributed by atoms with Gasteiger partial charge in [-0.15, -0.1) is 0 Å². The monoisotopic (exact) mass is 238 g/mol. The number of rotatable bonds is 7. The number of pyridine rings is 1. The van der Waals surface area contributed by atoms with E-state index in [1.165, 1.54) is 12.3 Å². The van der Waals surface area contributed by atoms with Crippen LogP contribution in [0.5, 0.6) is 0 Å². The van der Waals surface area contributed by atoms with E-state index in [1.54, 1.807) is 6.07 Å². The quantitative estimate of drug-likeness (QED) is 0.783. The van der Waals surface area contributed by atoms with E-state index in [2.05, 4.69) is 31.1 Å². The smallest absolute Gasteiger partial charge is 0.141 e. The van der Waals surface area contributed by atoms with Gasteiger partial charge in [0.25, 0.3) is 0 Å². The molecule has 1 N–H and O–H groups in total. The molecule has 3 heteroatoms. The topological polar surface area (TPSA) is 24.9 Å². The Hall–Kier alpha value is -0.960. The van der Waals surface area contributed by atoms with Crippen molar-refractivity contribution in [3.63, 3.8) is 0 Å². The molecule has 1 aromatic rings. The molecule has 2 unspecified atom stereocenters. The predicted octanol–water partition coefficient (Wildman–Crippen LogP) is 3.70. The Morgan fingerprint density at radius 2 is 2.12 bits per heavy atom. The second kappa shape index (κ2) is 7.38. The summed E-state index contributed by atoms with van der Waals surface area (Å²) in [5, 5.41) is 3.49. The summed E-state index contributed by atoms with van der Waals surface area (Å²) in [5.41, 5.74) is 0.945. The molecular weight excluding hydrogens is 215 g/mol. The highest BCUT2D eigenvalue weighted by Gasteiger charge is 2.15. The van der Waals surface area contributed by atoms with Gasteiger partial charge in [-0.25, -0.2) is 4.39 Å². The molecule has 0 saturated heterocycles. The van der Waals surface area contributed by atoms with Gasteiger partial charge < -0.3 is 5.32 Å². The van der Waals surface area contributed by atoms with Crippen LogP contribution in [-0.4, -0.2) is 11.5 Å². The van der Waals surface area contributed by atoms with E-state index < -0.39 is 0 Å². The fourth-order valence-corrected chi connectivity index (χ4v) is 1.79. The van der Waals surface area contributed by atoms with Crippen molar-refractivity contribution in [2.45, 2.75) is 46.1 Å². The maximum absolute atomic E-state index is 12.8. The van der Waals surface area contributed by atoms with Crippen LogP contribution < -0.4 is 5.32 Å². The Labute approximate surface area is 104 Å². The molecule has 0 aliphatic heterocycles. The molecule has 0 spiro atoms. The minimum Gasteiger partial charge on any atom is -0.309 e. The van der Waals surface area contributed by atoms with Crippen molar-refractivity contribution < 1.29 is 4.39 Å². The third-order valence-corrected chi connectivity index (χ3v) is 3.08. The lowest BCUT2D eigenvalue weighted by Crippen LogP contribution is -2.24. The van der Waals surface area contributed by atoms with Crippen LogP contribution in [0.2, 0.25) is 0 Å². The predicted molar refractivity (Wildman–Crippen MR) is 69.3 cm³/mol. The van der Waals surface area contributed by atoms with Gasteiger partial charge in [0.05, 0.1) is 11.9 Å². The Morgan fingerprint density at radius 3 is 2.65 bits per heavy atom. The largest absolute Gasteiger partial charge is 0.309 e. The van der Waals surface area contributed by atoms with Crippen LogP contribution in [0.15, 0.2) is 18.3 Å². The van der Waals surface area contributed by atoms with Gasteiger partial charge in [0.15, 0.2) is 0 Å². The molecule has 96 valence electrons. The number of hydrogen-bond donors (Lipinski definition) is 1. The van der Waals surface area contributed by atoms with Gasteiger partial charge >= 0.3 is 0 Å². The third-order valence-electron chi connectivity index (χ3n) is 3.08. The lowest BCUT2D eigenvalue weighted by Gasteiger charge is -2.21. The zero-order chi connectivity index (χ0) is 12.7. The average Bonchev–Trinajstić information content (AvgIpc) is 2.35. The lowest BCUT2D eigenvalue weighted by molar-refractivity contribution is 0.396. The number of nitrogens with one attached hydrogen (secondary N) is 1. The van der Waals surface area contributed by atoms with Crippen LogP contribution in [0.3, 0.4) is 0 Å². The van der Waals surface area contributed by atoms with E-state index in [1.807, 2.05) is 0 Å². The van der Waals surface area contributed by atoms with Gasteiger partial charge in [0, 0.05) is 6.04 Å². The summed E-state index contributed by atoms with van der Waals surface area (Å²) in [6, 6.07) is 3.51. The van der Waals surface area contributed by atoms with E-state index in [0.717, 1.165) is 31.5 Å². The lowest BCUT2D eigenvalue weighted by atomic mass is 9.97. The van der Waals surface area contributed by atoms with Crippen molar-refractivity contribution in [2.24, 2.45) is 5.92 Å². The molecule has 17 heavy (non-hydrogen) atoms. The highest BCUT2D eigenvalue weighted by atomic mass is 19.1. The van der Waals surface area contributed by atoms with E-state index in [9.17, 15) is 4.39 Å². The SMILES string of the molecule is CCCNC(CC(C)CC)c1ccc(F)cn1. The zero-order valence-corrected chi connectivity index (χ0v) is 11.0. The molecule has 0 fully saturated rings. The highest BCUT2D eigenvalue weighted by molar-refractivity contribution is 5.10. The van der Waals surface area contributed by atoms with Crippen molar-refractivity contribution >= 4 is 0 Å². The van der Waals surface area contributed by atoms with Crippen LogP contribution in [0, 0.1) is 11.7 Å². The molecule has 0 aromatic carbocycles. The molecular formula is C14H23FN2. The fourth-order valence-electron chi connectivity index (χ4n) is 1.79. The standard InChI is InChI=1S/C14H23FN2/c1-4-8-16-14(9-11(3)5-2)13-7-6-12(15)10-17-13/h6-7,10-11,14,16H,4-5,8-9H2,1-3H3. The minimum atomic E-state index is -0.272. The second-order valence-electron chi connectivity index (χ2n) is 4.66. The van der Waals surface area contributed by atoms with Crippen molar-refractivity contribution in [3.8, 4) is 0 Å². The van der Waals surface area contributed by atoms with Crippen LogP contribution in [0.4, 0.5) is 4.39 Å². The van der Waals surface area contributed by atoms with Gasteiger partial charge in [0.1, 0.15) is 5.82 Å². The molecule has 0 amide bonds. The first-order valence-electron chi connectivity index (χ1n) is 6.52. The van der Waals surface area contributed by atoms with E-state index in [0.29, 0.717) is 5.92 Å². The van der Waals surface area contributed by atoms with Gasteiger partial charge in [-0.3, -0.25) is 4.98 Å². The zero-order valence-electron chi connectivity index (χ0n) is 11.0. The maximum atomic E-state index is 12.8. The fraction of sp³-hybridized carbons (Fsp3) is 0.643. The summed E-state index contributed by atoms with van der Waals surface area (Å²) >= 11 is 0. The number of nitrogens with zero attached hydrogens (tertiary/aromatic N) is 1. The summed E-state index contributed by atoms with van der Waals surface area (Å²) in [4.78, 5) is 4.18. The molecule has 0 bridgehead atoms. The van der Waals surface area contributed by atoms with Crippen LogP contribution in [0.25, 0.3) is 0 Å². The first-order valence-corrected chi connectivity index (χ1v) is 6.52. The van der Waals surface area contributed by atoms with E-state index >= 15 is 0 Å². The summed E-state index contributed by atoms with van der Waals surface area (Å²) in [7, 11) is 0. The molecule has 0 saturated carbocycles. The summed E-state index contributed by atoms with van der Waals surface area (Å²) in [6.07, 6.45) is 4.60. The highest BCUT2D eigenvalue weighted by Crippen LogP contribution is 2.21. The van der Waals surface area contributed by atoms with Crippen LogP contribution in [0.1, 0.15) is 51.8 Å². The number of aromatic nitrogens is 1. The Balaban J connectivity index is 2.70. The average molecular weight is 238 g/mol. The number of hydrogen-bond acceptors (Lipinski definition) is 2. The summed E-state index contributed by atoms with van der Waals surface area (Å²) in [5.74, 6) is 0.378. The molecule has 1 heterocycles. The van der Waals surface area contributed by atoms with Gasteiger partial charge in [-0.05, 0) is 37.4 Å². The van der Waals surface area contributed by atoms with Crippen molar-refractivity contribution in [3.05, 3.63) is 29.8 Å². The molecule has 2 atom stereocenters. The van der Waals surface area contributed by atoms with E-state index in [-0.39, 0.29) is 11.9 Å². The van der Waals surface area contributed by atoms with Crippen LogP contribution >= 0.6 is 0 Å². The molecule has 0 aliphatic carbocycles. The first kappa shape index (κ1) is 14.1. The molecule has 1 aromatic heterocycles. The Kier molecular flexibility index (Phi) is 6.12. The minimum absolute atomic E-state index is 0.241. The van der Waals surface area contributed by atoms with Crippen molar-refractivity contribution in [1.29, 1.82) is 0 Å². The first-order chi connectivity index (χ1) is 8.17. The Bertz CT molecular complexity index is 311. The molecule has 0 aliphatic rings. The van der Waals surface area contributed by atoms with Crippen molar-refractivity contribution in [1.82, 2.24) is 10.3 Å². The molecule has 2 nitrogen and oxygen atoms in total. The van der Waals surface area contributed by atoms with E-state index in [4.69, 9.17) is 0 Å². The molecule has 0 radical (unpaired) electrons. The Morgan fingerprint density at radius 1 is 1.35 bits per heavy atom. The van der Waals surface area contributed by atoms with Gasteiger partial charge in [-0.1, -0.05) is 27.2 Å². The third kappa shape index (κ3) is 4.82. The summed E-state index contributed by atoms with van der Waals surface area (Å²) < 4.78 is 12.8. The van der Waals surface area contributed by atoms with Gasteiger partial charge in [-0.2, -0.15) is 0 Å². The second-order valence-corrected chi connectivity index (χ2v) is 4.66.